The van der Waals surface area contributed by atoms with Crippen LogP contribution in [-0.4, -0.2) is 72.7 Å². The lowest BCUT2D eigenvalue weighted by Gasteiger charge is -2.40. The average Bonchev–Trinajstić information content (AvgIpc) is 3.59. The summed E-state index contributed by atoms with van der Waals surface area (Å²) in [6.07, 6.45) is 7.33. The van der Waals surface area contributed by atoms with Crippen LogP contribution in [0.5, 0.6) is 0 Å². The summed E-state index contributed by atoms with van der Waals surface area (Å²) < 4.78 is 5.53. The minimum Gasteiger partial charge on any atom is -0.379 e. The van der Waals surface area contributed by atoms with Crippen molar-refractivity contribution in [1.82, 2.24) is 20.5 Å². The second kappa shape index (κ2) is 14.2. The molecule has 1 saturated carbocycles. The third-order valence-corrected chi connectivity index (χ3v) is 10.5. The quantitative estimate of drug-likeness (QED) is 0.316. The summed E-state index contributed by atoms with van der Waals surface area (Å²) in [7, 11) is 0. The molecule has 1 atom stereocenters. The lowest BCUT2D eigenvalue weighted by atomic mass is 9.80. The summed E-state index contributed by atoms with van der Waals surface area (Å²) in [5, 5.41) is 9.61. The van der Waals surface area contributed by atoms with E-state index >= 15 is 0 Å². The van der Waals surface area contributed by atoms with Crippen LogP contribution in [0.25, 0.3) is 11.3 Å². The van der Waals surface area contributed by atoms with Crippen LogP contribution in [0.15, 0.2) is 60.0 Å². The predicted octanol–water partition coefficient (Wildman–Crippen LogP) is 5.81. The van der Waals surface area contributed by atoms with E-state index in [0.717, 1.165) is 99.9 Å². The van der Waals surface area contributed by atoms with Gasteiger partial charge in [0.05, 0.1) is 24.9 Å². The lowest BCUT2D eigenvalue weighted by molar-refractivity contribution is -0.129. The van der Waals surface area contributed by atoms with Gasteiger partial charge in [-0.3, -0.25) is 14.5 Å². The van der Waals surface area contributed by atoms with E-state index in [2.05, 4.69) is 32.7 Å². The van der Waals surface area contributed by atoms with Gasteiger partial charge in [-0.2, -0.15) is 0 Å². The molecular formula is C35H45N5O3S. The highest BCUT2D eigenvalue weighted by Crippen LogP contribution is 2.32. The van der Waals surface area contributed by atoms with Crippen molar-refractivity contribution in [3.63, 3.8) is 0 Å². The second-order valence-electron chi connectivity index (χ2n) is 12.4. The van der Waals surface area contributed by atoms with E-state index in [4.69, 9.17) is 9.72 Å². The van der Waals surface area contributed by atoms with E-state index in [1.54, 1.807) is 11.3 Å². The highest BCUT2D eigenvalue weighted by molar-refractivity contribution is 7.14. The maximum Gasteiger partial charge on any atom is 0.252 e. The molecular weight excluding hydrogens is 570 g/mol. The smallest absolute Gasteiger partial charge is 0.252 e. The molecule has 3 aliphatic rings. The van der Waals surface area contributed by atoms with Crippen molar-refractivity contribution < 1.29 is 14.3 Å². The number of nitrogens with zero attached hydrogens (tertiary/aromatic N) is 3. The van der Waals surface area contributed by atoms with Gasteiger partial charge in [0.2, 0.25) is 5.91 Å². The summed E-state index contributed by atoms with van der Waals surface area (Å²) in [6.45, 7) is 7.90. The van der Waals surface area contributed by atoms with Crippen LogP contribution in [0.3, 0.4) is 0 Å². The third kappa shape index (κ3) is 7.00. The maximum absolute atomic E-state index is 13.8. The van der Waals surface area contributed by atoms with E-state index in [9.17, 15) is 9.59 Å². The van der Waals surface area contributed by atoms with Crippen molar-refractivity contribution in [3.8, 4) is 11.3 Å². The molecule has 0 radical (unpaired) electrons. The molecule has 8 nitrogen and oxygen atoms in total. The van der Waals surface area contributed by atoms with Crippen LogP contribution in [0.2, 0.25) is 0 Å². The standard InChI is InChI=1S/C35H45N5O3S/c1-2-30(26-9-5-3-6-10-26)36-33(42)35(17-7-4-8-18-35)38-32(41)28-13-11-27(12-14-28)31-25-44-34(37-31)40-19-15-29(16-20-40)39-21-23-43-24-22-39/h3,5-6,9-14,25,29-30H,2,4,7-8,15-24H2,1H3,(H,36,42)(H,38,41)/t30-/m1/s1. The summed E-state index contributed by atoms with van der Waals surface area (Å²) >= 11 is 1.69. The number of nitrogens with one attached hydrogen (secondary N) is 2. The minimum absolute atomic E-state index is 0.0816. The normalized spacial score (nSPS) is 20.2. The number of hydrogen-bond donors (Lipinski definition) is 2. The molecule has 3 fully saturated rings. The number of carbonyl (C=O) groups excluding carboxylic acids is 2. The van der Waals surface area contributed by atoms with Gasteiger partial charge in [0.1, 0.15) is 5.54 Å². The van der Waals surface area contributed by atoms with Gasteiger partial charge in [-0.05, 0) is 49.8 Å². The number of aromatic nitrogens is 1. The van der Waals surface area contributed by atoms with Crippen molar-refractivity contribution in [2.45, 2.75) is 75.9 Å². The number of hydrogen-bond acceptors (Lipinski definition) is 7. The molecule has 44 heavy (non-hydrogen) atoms. The molecule has 3 aromatic rings. The van der Waals surface area contributed by atoms with Gasteiger partial charge in [-0.1, -0.05) is 68.7 Å². The van der Waals surface area contributed by atoms with Crippen LogP contribution in [0, 0.1) is 0 Å². The van der Waals surface area contributed by atoms with Crippen molar-refractivity contribution >= 4 is 28.3 Å². The maximum atomic E-state index is 13.8. The van der Waals surface area contributed by atoms with Gasteiger partial charge in [0.25, 0.3) is 5.91 Å². The molecule has 0 spiro atoms. The molecule has 2 N–H and O–H groups in total. The number of anilines is 1. The molecule has 2 aliphatic heterocycles. The molecule has 0 bridgehead atoms. The monoisotopic (exact) mass is 615 g/mol. The highest BCUT2D eigenvalue weighted by atomic mass is 32.1. The SMILES string of the molecule is CC[C@@H](NC(=O)C1(NC(=O)c2ccc(-c3csc(N4CCC(N5CCOCC5)CC4)n3)cc2)CCCCC1)c1ccccc1. The van der Waals surface area contributed by atoms with E-state index in [0.29, 0.717) is 24.4 Å². The van der Waals surface area contributed by atoms with Gasteiger partial charge >= 0.3 is 0 Å². The van der Waals surface area contributed by atoms with Gasteiger partial charge < -0.3 is 20.3 Å². The Morgan fingerprint density at radius 2 is 1.68 bits per heavy atom. The Hall–Kier alpha value is -3.27. The molecule has 1 aliphatic carbocycles. The zero-order chi connectivity index (χ0) is 30.4. The number of piperidine rings is 1. The third-order valence-electron chi connectivity index (χ3n) is 9.64. The van der Waals surface area contributed by atoms with E-state index < -0.39 is 5.54 Å². The van der Waals surface area contributed by atoms with Crippen LogP contribution in [0.1, 0.15) is 80.3 Å². The van der Waals surface area contributed by atoms with Gasteiger partial charge in [0.15, 0.2) is 5.13 Å². The van der Waals surface area contributed by atoms with Crippen LogP contribution < -0.4 is 15.5 Å². The van der Waals surface area contributed by atoms with Crippen molar-refractivity contribution in [3.05, 3.63) is 71.1 Å². The topological polar surface area (TPSA) is 86.8 Å². The molecule has 2 aromatic carbocycles. The van der Waals surface area contributed by atoms with Gasteiger partial charge in [-0.25, -0.2) is 4.98 Å². The molecule has 234 valence electrons. The Morgan fingerprint density at radius 3 is 2.36 bits per heavy atom. The van der Waals surface area contributed by atoms with Gasteiger partial charge in [0, 0.05) is 48.7 Å². The summed E-state index contributed by atoms with van der Waals surface area (Å²) in [4.78, 5) is 37.2. The largest absolute Gasteiger partial charge is 0.379 e. The Balaban J connectivity index is 1.08. The first-order valence-corrected chi connectivity index (χ1v) is 17.2. The van der Waals surface area contributed by atoms with Crippen LogP contribution in [-0.2, 0) is 9.53 Å². The van der Waals surface area contributed by atoms with E-state index in [-0.39, 0.29) is 17.9 Å². The van der Waals surface area contributed by atoms with E-state index in [1.807, 2.05) is 54.6 Å². The van der Waals surface area contributed by atoms with Crippen LogP contribution in [0.4, 0.5) is 5.13 Å². The van der Waals surface area contributed by atoms with Crippen molar-refractivity contribution in [2.75, 3.05) is 44.3 Å². The van der Waals surface area contributed by atoms with E-state index in [1.165, 1.54) is 0 Å². The first-order valence-electron chi connectivity index (χ1n) is 16.4. The number of amides is 2. The van der Waals surface area contributed by atoms with Crippen molar-refractivity contribution in [1.29, 1.82) is 0 Å². The Bertz CT molecular complexity index is 1370. The zero-order valence-corrected chi connectivity index (χ0v) is 26.6. The van der Waals surface area contributed by atoms with Gasteiger partial charge in [-0.15, -0.1) is 11.3 Å². The molecule has 2 saturated heterocycles. The minimum atomic E-state index is -0.894. The highest BCUT2D eigenvalue weighted by Gasteiger charge is 2.41. The fourth-order valence-electron chi connectivity index (χ4n) is 6.96. The fraction of sp³-hybridized carbons (Fsp3) is 0.514. The second-order valence-corrected chi connectivity index (χ2v) is 13.2. The molecule has 9 heteroatoms. The first kappa shape index (κ1) is 30.7. The average molecular weight is 616 g/mol. The molecule has 3 heterocycles. The molecule has 0 unspecified atom stereocenters. The van der Waals surface area contributed by atoms with Crippen molar-refractivity contribution in [2.24, 2.45) is 0 Å². The van der Waals surface area contributed by atoms with Crippen LogP contribution >= 0.6 is 11.3 Å². The number of ether oxygens (including phenoxy) is 1. The number of carbonyl (C=O) groups is 2. The fourth-order valence-corrected chi connectivity index (χ4v) is 7.84. The zero-order valence-electron chi connectivity index (χ0n) is 25.8. The summed E-state index contributed by atoms with van der Waals surface area (Å²) in [5.74, 6) is -0.287. The number of rotatable bonds is 9. The summed E-state index contributed by atoms with van der Waals surface area (Å²) in [6, 6.07) is 18.3. The number of morpholine rings is 1. The Kier molecular flexibility index (Phi) is 9.94. The summed E-state index contributed by atoms with van der Waals surface area (Å²) in [5.41, 5.74) is 2.67. The molecule has 1 aromatic heterocycles. The first-order chi connectivity index (χ1) is 21.5. The lowest BCUT2D eigenvalue weighted by Crippen LogP contribution is -2.60. The Morgan fingerprint density at radius 1 is 0.977 bits per heavy atom. The predicted molar refractivity (Wildman–Crippen MR) is 176 cm³/mol. The Labute approximate surface area is 265 Å². The number of benzene rings is 2. The molecule has 6 rings (SSSR count). The molecule has 2 amide bonds. The number of thiazole rings is 1.